The van der Waals surface area contributed by atoms with E-state index in [2.05, 4.69) is 0 Å². The van der Waals surface area contributed by atoms with E-state index in [-0.39, 0.29) is 23.5 Å². The number of carbonyl (C=O) groups excluding carboxylic acids is 1. The number of hydrogen-bond acceptors (Lipinski definition) is 2. The molecule has 2 saturated heterocycles. The number of piperidine rings is 1. The van der Waals surface area contributed by atoms with Crippen LogP contribution in [0.25, 0.3) is 0 Å². The summed E-state index contributed by atoms with van der Waals surface area (Å²) in [6, 6.07) is 7.67. The number of amides is 1. The number of alkyl halides is 1. The van der Waals surface area contributed by atoms with Gasteiger partial charge in [0.1, 0.15) is 5.75 Å². The van der Waals surface area contributed by atoms with Crippen LogP contribution in [0.3, 0.4) is 0 Å². The highest BCUT2D eigenvalue weighted by Gasteiger charge is 2.42. The number of benzene rings is 1. The van der Waals surface area contributed by atoms with Gasteiger partial charge >= 0.3 is 0 Å². The lowest BCUT2D eigenvalue weighted by atomic mass is 10.0. The molecule has 2 atom stereocenters. The van der Waals surface area contributed by atoms with Gasteiger partial charge in [0.2, 0.25) is 5.91 Å². The van der Waals surface area contributed by atoms with Crippen LogP contribution in [0.15, 0.2) is 24.3 Å². The summed E-state index contributed by atoms with van der Waals surface area (Å²) in [5.74, 6) is 0.327. The highest BCUT2D eigenvalue weighted by atomic mass is 35.5. The molecular formula is C15H18ClNO2. The van der Waals surface area contributed by atoms with Gasteiger partial charge in [-0.25, -0.2) is 0 Å². The zero-order valence-electron chi connectivity index (χ0n) is 10.8. The van der Waals surface area contributed by atoms with Crippen molar-refractivity contribution in [3.63, 3.8) is 0 Å². The lowest BCUT2D eigenvalue weighted by molar-refractivity contribution is -0.134. The van der Waals surface area contributed by atoms with Gasteiger partial charge in [0, 0.05) is 23.0 Å². The van der Waals surface area contributed by atoms with E-state index in [0.29, 0.717) is 17.6 Å². The first-order valence-corrected chi connectivity index (χ1v) is 7.31. The topological polar surface area (TPSA) is 40.5 Å². The second-order valence-electron chi connectivity index (χ2n) is 5.56. The van der Waals surface area contributed by atoms with E-state index < -0.39 is 0 Å². The van der Waals surface area contributed by atoms with E-state index in [4.69, 9.17) is 11.6 Å². The van der Waals surface area contributed by atoms with E-state index in [1.54, 1.807) is 12.1 Å². The standard InChI is InChI=1S/C15H18ClNO2/c16-11-8-12-5-6-13(9-11)17(12)15(19)7-10-3-1-2-4-14(10)18/h1-4,11-13,18H,5-9H2. The van der Waals surface area contributed by atoms with Gasteiger partial charge in [-0.2, -0.15) is 0 Å². The lowest BCUT2D eigenvalue weighted by Gasteiger charge is -2.37. The maximum atomic E-state index is 12.5. The van der Waals surface area contributed by atoms with Gasteiger partial charge in [-0.05, 0) is 31.7 Å². The summed E-state index contributed by atoms with van der Waals surface area (Å²) in [4.78, 5) is 14.5. The molecule has 2 bridgehead atoms. The van der Waals surface area contributed by atoms with E-state index in [1.165, 1.54) is 0 Å². The monoisotopic (exact) mass is 279 g/mol. The van der Waals surface area contributed by atoms with Crippen molar-refractivity contribution in [2.75, 3.05) is 0 Å². The van der Waals surface area contributed by atoms with Gasteiger partial charge in [-0.15, -0.1) is 11.6 Å². The van der Waals surface area contributed by atoms with Crippen LogP contribution in [0.5, 0.6) is 5.75 Å². The molecule has 3 nitrogen and oxygen atoms in total. The quantitative estimate of drug-likeness (QED) is 0.846. The minimum Gasteiger partial charge on any atom is -0.508 e. The molecule has 1 aromatic rings. The summed E-state index contributed by atoms with van der Waals surface area (Å²) in [5, 5.41) is 9.97. The van der Waals surface area contributed by atoms with Crippen molar-refractivity contribution in [2.45, 2.75) is 49.6 Å². The average molecular weight is 280 g/mol. The highest BCUT2D eigenvalue weighted by molar-refractivity contribution is 6.20. The fourth-order valence-corrected chi connectivity index (χ4v) is 3.84. The molecule has 0 spiro atoms. The van der Waals surface area contributed by atoms with Crippen LogP contribution < -0.4 is 0 Å². The summed E-state index contributed by atoms with van der Waals surface area (Å²) < 4.78 is 0. The maximum Gasteiger partial charge on any atom is 0.227 e. The lowest BCUT2D eigenvalue weighted by Crippen LogP contribution is -2.47. The van der Waals surface area contributed by atoms with E-state index in [1.807, 2.05) is 17.0 Å². The molecule has 2 unspecified atom stereocenters. The number of carbonyl (C=O) groups is 1. The number of nitrogens with zero attached hydrogens (tertiary/aromatic N) is 1. The normalized spacial score (nSPS) is 29.5. The zero-order valence-corrected chi connectivity index (χ0v) is 11.5. The Hall–Kier alpha value is -1.22. The fraction of sp³-hybridized carbons (Fsp3) is 0.533. The minimum absolute atomic E-state index is 0.123. The van der Waals surface area contributed by atoms with Gasteiger partial charge in [0.15, 0.2) is 0 Å². The largest absolute Gasteiger partial charge is 0.508 e. The number of fused-ring (bicyclic) bond motifs is 2. The molecule has 2 heterocycles. The molecule has 1 amide bonds. The first-order valence-electron chi connectivity index (χ1n) is 6.87. The Morgan fingerprint density at radius 2 is 1.89 bits per heavy atom. The third-order valence-corrected chi connectivity index (χ3v) is 4.65. The number of hydrogen-bond donors (Lipinski definition) is 1. The van der Waals surface area contributed by atoms with Crippen molar-refractivity contribution in [2.24, 2.45) is 0 Å². The molecule has 102 valence electrons. The van der Waals surface area contributed by atoms with Crippen LogP contribution in [-0.4, -0.2) is 33.4 Å². The highest BCUT2D eigenvalue weighted by Crippen LogP contribution is 2.38. The van der Waals surface area contributed by atoms with Crippen molar-refractivity contribution in [3.8, 4) is 5.75 Å². The SMILES string of the molecule is O=C(Cc1ccccc1O)N1C2CCC1CC(Cl)C2. The number of rotatable bonds is 2. The Balaban J connectivity index is 1.73. The minimum atomic E-state index is 0.123. The Bertz CT molecular complexity index is 477. The van der Waals surface area contributed by atoms with Crippen LogP contribution in [0.1, 0.15) is 31.2 Å². The van der Waals surface area contributed by atoms with Gasteiger partial charge in [0.05, 0.1) is 6.42 Å². The molecule has 4 heteroatoms. The number of para-hydroxylation sites is 1. The molecular weight excluding hydrogens is 262 g/mol. The predicted octanol–water partition coefficient (Wildman–Crippen LogP) is 2.70. The molecule has 2 fully saturated rings. The summed E-state index contributed by atoms with van der Waals surface area (Å²) in [5.41, 5.74) is 0.708. The van der Waals surface area contributed by atoms with Crippen LogP contribution in [0, 0.1) is 0 Å². The summed E-state index contributed by atoms with van der Waals surface area (Å²) in [7, 11) is 0. The van der Waals surface area contributed by atoms with Crippen molar-refractivity contribution in [1.29, 1.82) is 0 Å². The Morgan fingerprint density at radius 1 is 1.26 bits per heavy atom. The number of aromatic hydroxyl groups is 1. The third kappa shape index (κ3) is 2.44. The Kier molecular flexibility index (Phi) is 3.40. The van der Waals surface area contributed by atoms with Gasteiger partial charge in [-0.3, -0.25) is 4.79 Å². The summed E-state index contributed by atoms with van der Waals surface area (Å²) >= 11 is 6.22. The zero-order chi connectivity index (χ0) is 13.4. The van der Waals surface area contributed by atoms with Crippen molar-refractivity contribution in [1.82, 2.24) is 4.90 Å². The number of halogens is 1. The average Bonchev–Trinajstić information content (AvgIpc) is 2.65. The first kappa shape index (κ1) is 12.8. The smallest absolute Gasteiger partial charge is 0.227 e. The summed E-state index contributed by atoms with van der Waals surface area (Å²) in [6.45, 7) is 0. The number of phenolic OH excluding ortho intramolecular Hbond substituents is 1. The maximum absolute atomic E-state index is 12.5. The van der Waals surface area contributed by atoms with Crippen molar-refractivity contribution >= 4 is 17.5 Å². The second kappa shape index (κ2) is 5.04. The summed E-state index contributed by atoms with van der Waals surface area (Å²) in [6.07, 6.45) is 4.24. The molecule has 2 aliphatic rings. The molecule has 1 aromatic carbocycles. The molecule has 2 aliphatic heterocycles. The van der Waals surface area contributed by atoms with E-state index >= 15 is 0 Å². The predicted molar refractivity (Wildman–Crippen MR) is 74.3 cm³/mol. The Morgan fingerprint density at radius 3 is 2.53 bits per heavy atom. The first-order chi connectivity index (χ1) is 9.15. The molecule has 0 aliphatic carbocycles. The van der Waals surface area contributed by atoms with Gasteiger partial charge in [0.25, 0.3) is 0 Å². The molecule has 3 rings (SSSR count). The number of phenols is 1. The van der Waals surface area contributed by atoms with Gasteiger partial charge in [-0.1, -0.05) is 18.2 Å². The molecule has 0 radical (unpaired) electrons. The van der Waals surface area contributed by atoms with E-state index in [9.17, 15) is 9.90 Å². The molecule has 1 N–H and O–H groups in total. The van der Waals surface area contributed by atoms with Crippen LogP contribution in [0.2, 0.25) is 0 Å². The van der Waals surface area contributed by atoms with Crippen LogP contribution in [-0.2, 0) is 11.2 Å². The van der Waals surface area contributed by atoms with Crippen LogP contribution >= 0.6 is 11.6 Å². The Labute approximate surface area is 118 Å². The van der Waals surface area contributed by atoms with Gasteiger partial charge < -0.3 is 10.0 Å². The molecule has 0 aromatic heterocycles. The van der Waals surface area contributed by atoms with Crippen LogP contribution in [0.4, 0.5) is 0 Å². The van der Waals surface area contributed by atoms with E-state index in [0.717, 1.165) is 25.7 Å². The second-order valence-corrected chi connectivity index (χ2v) is 6.18. The van der Waals surface area contributed by atoms with Crippen molar-refractivity contribution < 1.29 is 9.90 Å². The van der Waals surface area contributed by atoms with Crippen molar-refractivity contribution in [3.05, 3.63) is 29.8 Å². The fourth-order valence-electron chi connectivity index (χ4n) is 3.43. The molecule has 0 saturated carbocycles. The third-order valence-electron chi connectivity index (χ3n) is 4.30. The molecule has 19 heavy (non-hydrogen) atoms.